The Morgan fingerprint density at radius 3 is 2.25 bits per heavy atom. The van der Waals surface area contributed by atoms with E-state index in [1.54, 1.807) is 0 Å². The zero-order valence-electron chi connectivity index (χ0n) is 6.37. The van der Waals surface area contributed by atoms with E-state index in [0.717, 1.165) is 0 Å². The summed E-state index contributed by atoms with van der Waals surface area (Å²) >= 11 is 0. The molecule has 6 heteroatoms. The van der Waals surface area contributed by atoms with Crippen molar-refractivity contribution in [2.75, 3.05) is 6.61 Å². The van der Waals surface area contributed by atoms with Gasteiger partial charge in [-0.05, 0) is 0 Å². The molecule has 1 heterocycles. The molecular weight excluding hydrogens is 167 g/mol. The van der Waals surface area contributed by atoms with Crippen LogP contribution in [0.3, 0.4) is 0 Å². The van der Waals surface area contributed by atoms with Crippen molar-refractivity contribution in [3.8, 4) is 0 Å². The standard InChI is InChI=1S/C6H13NO5/c7-3-5(10)4(9)2(1-8)12-6(3)11/h2-6,8-11H,1,7H2/t2-,3-,4+,5-,6?/m1/s1/i6+1. The van der Waals surface area contributed by atoms with Gasteiger partial charge >= 0.3 is 0 Å². The van der Waals surface area contributed by atoms with Crippen LogP contribution in [0.4, 0.5) is 0 Å². The van der Waals surface area contributed by atoms with Gasteiger partial charge in [-0.1, -0.05) is 0 Å². The highest BCUT2D eigenvalue weighted by molar-refractivity contribution is 4.90. The van der Waals surface area contributed by atoms with E-state index in [0.29, 0.717) is 0 Å². The van der Waals surface area contributed by atoms with Crippen molar-refractivity contribution in [2.24, 2.45) is 5.73 Å². The van der Waals surface area contributed by atoms with Crippen LogP contribution < -0.4 is 5.73 Å². The summed E-state index contributed by atoms with van der Waals surface area (Å²) in [6.45, 7) is -0.470. The molecule has 72 valence electrons. The number of ether oxygens (including phenoxy) is 1. The third-order valence-corrected chi connectivity index (χ3v) is 1.95. The summed E-state index contributed by atoms with van der Waals surface area (Å²) in [5.74, 6) is 0. The van der Waals surface area contributed by atoms with E-state index < -0.39 is 37.3 Å². The second-order valence-electron chi connectivity index (χ2n) is 2.81. The summed E-state index contributed by atoms with van der Waals surface area (Å²) in [6.07, 6.45) is -4.85. The predicted octanol–water partition coefficient (Wildman–Crippen LogP) is -3.26. The lowest BCUT2D eigenvalue weighted by Crippen LogP contribution is -2.61. The van der Waals surface area contributed by atoms with E-state index in [4.69, 9.17) is 20.7 Å². The van der Waals surface area contributed by atoms with Crippen molar-refractivity contribution in [1.29, 1.82) is 0 Å². The maximum atomic E-state index is 9.20. The van der Waals surface area contributed by atoms with Crippen LogP contribution in [0.5, 0.6) is 0 Å². The van der Waals surface area contributed by atoms with Crippen LogP contribution in [0.1, 0.15) is 0 Å². The quantitative estimate of drug-likeness (QED) is 0.270. The van der Waals surface area contributed by atoms with Crippen LogP contribution in [-0.4, -0.2) is 57.7 Å². The van der Waals surface area contributed by atoms with Gasteiger partial charge in [0, 0.05) is 0 Å². The van der Waals surface area contributed by atoms with Gasteiger partial charge in [-0.25, -0.2) is 0 Å². The molecule has 0 spiro atoms. The number of hydrogen-bond donors (Lipinski definition) is 5. The first kappa shape index (κ1) is 9.85. The third kappa shape index (κ3) is 1.58. The Balaban J connectivity index is 2.63. The Morgan fingerprint density at radius 1 is 1.17 bits per heavy atom. The van der Waals surface area contributed by atoms with E-state index in [2.05, 4.69) is 0 Å². The second-order valence-corrected chi connectivity index (χ2v) is 2.81. The smallest absolute Gasteiger partial charge is 0.173 e. The van der Waals surface area contributed by atoms with Crippen LogP contribution in [-0.2, 0) is 4.74 Å². The maximum absolute atomic E-state index is 9.20. The van der Waals surface area contributed by atoms with Gasteiger partial charge in [-0.2, -0.15) is 0 Å². The van der Waals surface area contributed by atoms with E-state index in [1.807, 2.05) is 0 Å². The minimum atomic E-state index is -1.35. The molecule has 5 atom stereocenters. The fourth-order valence-electron chi connectivity index (χ4n) is 1.12. The first-order valence-electron chi connectivity index (χ1n) is 3.64. The second kappa shape index (κ2) is 3.65. The van der Waals surface area contributed by atoms with Crippen LogP contribution >= 0.6 is 0 Å². The lowest BCUT2D eigenvalue weighted by molar-refractivity contribution is -0.248. The van der Waals surface area contributed by atoms with Crippen molar-refractivity contribution in [2.45, 2.75) is 30.6 Å². The SMILES string of the molecule is N[C@@H]1[C@@H](O)[C@@H](O)[C@@H](CO)O[13CH]1O. The molecule has 0 bridgehead atoms. The average Bonchev–Trinajstić information content (AvgIpc) is 2.08. The Hall–Kier alpha value is -0.240. The van der Waals surface area contributed by atoms with Crippen LogP contribution in [0.15, 0.2) is 0 Å². The molecule has 0 aromatic heterocycles. The summed E-state index contributed by atoms with van der Waals surface area (Å²) in [5, 5.41) is 36.1. The zero-order chi connectivity index (χ0) is 9.30. The van der Waals surface area contributed by atoms with Gasteiger partial charge in [0.15, 0.2) is 6.29 Å². The van der Waals surface area contributed by atoms with Gasteiger partial charge in [-0.3, -0.25) is 0 Å². The number of nitrogens with two attached hydrogens (primary N) is 1. The number of aliphatic hydroxyl groups is 4. The Kier molecular flexibility index (Phi) is 2.99. The monoisotopic (exact) mass is 180 g/mol. The molecule has 0 saturated carbocycles. The van der Waals surface area contributed by atoms with Gasteiger partial charge in [0.2, 0.25) is 0 Å². The summed E-state index contributed by atoms with van der Waals surface area (Å²) in [6, 6.07) is -1.04. The van der Waals surface area contributed by atoms with Crippen LogP contribution in [0.2, 0.25) is 0 Å². The predicted molar refractivity (Wildman–Crippen MR) is 38.0 cm³/mol. The Bertz CT molecular complexity index is 150. The highest BCUT2D eigenvalue weighted by Gasteiger charge is 2.41. The number of aliphatic hydroxyl groups excluding tert-OH is 4. The minimum absolute atomic E-state index is 0.470. The van der Waals surface area contributed by atoms with Crippen molar-refractivity contribution >= 4 is 0 Å². The first-order valence-corrected chi connectivity index (χ1v) is 3.64. The topological polar surface area (TPSA) is 116 Å². The van der Waals surface area contributed by atoms with Crippen molar-refractivity contribution in [3.05, 3.63) is 0 Å². The van der Waals surface area contributed by atoms with Gasteiger partial charge in [0.05, 0.1) is 12.6 Å². The third-order valence-electron chi connectivity index (χ3n) is 1.95. The molecule has 0 amide bonds. The highest BCUT2D eigenvalue weighted by Crippen LogP contribution is 2.17. The Labute approximate surface area is 69.2 Å². The molecule has 1 unspecified atom stereocenters. The van der Waals surface area contributed by atoms with E-state index in [-0.39, 0.29) is 0 Å². The summed E-state index contributed by atoms with van der Waals surface area (Å²) < 4.78 is 4.70. The molecule has 1 saturated heterocycles. The molecule has 0 aromatic rings. The molecule has 6 nitrogen and oxygen atoms in total. The molecule has 12 heavy (non-hydrogen) atoms. The lowest BCUT2D eigenvalue weighted by atomic mass is 10.0. The van der Waals surface area contributed by atoms with Gasteiger partial charge in [0.1, 0.15) is 18.3 Å². The van der Waals surface area contributed by atoms with Crippen LogP contribution in [0.25, 0.3) is 0 Å². The zero-order valence-corrected chi connectivity index (χ0v) is 6.37. The molecule has 1 rings (SSSR count). The highest BCUT2D eigenvalue weighted by atomic mass is 16.7. The fourth-order valence-corrected chi connectivity index (χ4v) is 1.12. The number of rotatable bonds is 1. The summed E-state index contributed by atoms with van der Waals surface area (Å²) in [7, 11) is 0. The molecule has 0 aliphatic carbocycles. The molecule has 0 aromatic carbocycles. The molecule has 1 fully saturated rings. The molecular formula is C6H13NO5. The van der Waals surface area contributed by atoms with Gasteiger partial charge in [0.25, 0.3) is 0 Å². The van der Waals surface area contributed by atoms with Gasteiger partial charge in [-0.15, -0.1) is 0 Å². The molecule has 1 aliphatic rings. The van der Waals surface area contributed by atoms with E-state index in [1.165, 1.54) is 0 Å². The maximum Gasteiger partial charge on any atom is 0.173 e. The lowest BCUT2D eigenvalue weighted by Gasteiger charge is -2.38. The normalized spacial score (nSPS) is 49.2. The molecule has 1 aliphatic heterocycles. The van der Waals surface area contributed by atoms with Crippen molar-refractivity contribution in [1.82, 2.24) is 0 Å². The van der Waals surface area contributed by atoms with Crippen molar-refractivity contribution < 1.29 is 25.2 Å². The summed E-state index contributed by atoms with van der Waals surface area (Å²) in [4.78, 5) is 0. The van der Waals surface area contributed by atoms with E-state index >= 15 is 0 Å². The largest absolute Gasteiger partial charge is 0.394 e. The van der Waals surface area contributed by atoms with Crippen molar-refractivity contribution in [3.63, 3.8) is 0 Å². The fraction of sp³-hybridized carbons (Fsp3) is 1.00. The number of hydrogen-bond acceptors (Lipinski definition) is 6. The first-order chi connectivity index (χ1) is 5.57. The van der Waals surface area contributed by atoms with E-state index in [9.17, 15) is 10.2 Å². The van der Waals surface area contributed by atoms with Crippen LogP contribution in [0, 0.1) is 0 Å². The van der Waals surface area contributed by atoms with Gasteiger partial charge < -0.3 is 30.9 Å². The average molecular weight is 180 g/mol. The summed E-state index contributed by atoms with van der Waals surface area (Å²) in [5.41, 5.74) is 5.26. The Morgan fingerprint density at radius 2 is 1.75 bits per heavy atom. The molecule has 6 N–H and O–H groups in total. The molecule has 0 radical (unpaired) electrons. The minimum Gasteiger partial charge on any atom is -0.394 e.